The van der Waals surface area contributed by atoms with E-state index in [4.69, 9.17) is 5.73 Å². The maximum absolute atomic E-state index is 10.8. The number of nitrogens with zero attached hydrogens (tertiary/aromatic N) is 1. The van der Waals surface area contributed by atoms with Crippen molar-refractivity contribution in [1.29, 1.82) is 0 Å². The number of halogens is 1. The molecule has 0 saturated heterocycles. The maximum Gasteiger partial charge on any atom is 0.316 e. The number of amides is 2. The number of rotatable bonds is 9. The number of aromatic nitrogens is 1. The first-order valence-electron chi connectivity index (χ1n) is 7.28. The van der Waals surface area contributed by atoms with Crippen LogP contribution in [0.4, 0.5) is 10.5 Å². The smallest absolute Gasteiger partial charge is 0.316 e. The van der Waals surface area contributed by atoms with Crippen molar-refractivity contribution in [3.63, 3.8) is 0 Å². The van der Waals surface area contributed by atoms with E-state index < -0.39 is 6.03 Å². The Morgan fingerprint density at radius 1 is 1.20 bits per heavy atom. The van der Waals surface area contributed by atoms with Gasteiger partial charge in [-0.2, -0.15) is 0 Å². The first-order valence-corrected chi connectivity index (χ1v) is 7.28. The summed E-state index contributed by atoms with van der Waals surface area (Å²) in [5, 5.41) is 2.59. The molecule has 0 aliphatic carbocycles. The lowest BCUT2D eigenvalue weighted by Gasteiger charge is -2.02. The Bertz CT molecular complexity index is 385. The van der Waals surface area contributed by atoms with Gasteiger partial charge in [0.1, 0.15) is 12.2 Å². The maximum atomic E-state index is 10.8. The van der Waals surface area contributed by atoms with Gasteiger partial charge < -0.3 is 23.5 Å². The van der Waals surface area contributed by atoms with Gasteiger partial charge in [0, 0.05) is 12.5 Å². The highest BCUT2D eigenvalue weighted by atomic mass is 35.5. The van der Waals surface area contributed by atoms with Gasteiger partial charge >= 0.3 is 6.03 Å². The molecule has 0 atom stereocenters. The number of hydrogen-bond acceptors (Lipinski definition) is 1. The topological polar surface area (TPSA) is 59.0 Å². The minimum absolute atomic E-state index is 0. The fraction of sp³-hybridized carbons (Fsp3) is 0.600. The van der Waals surface area contributed by atoms with Crippen molar-refractivity contribution in [2.75, 3.05) is 5.32 Å². The Hall–Kier alpha value is -1.29. The van der Waals surface area contributed by atoms with Crippen LogP contribution >= 0.6 is 0 Å². The van der Waals surface area contributed by atoms with E-state index >= 15 is 0 Å². The van der Waals surface area contributed by atoms with E-state index in [9.17, 15) is 4.79 Å². The molecular formula is C15H26ClN3O. The van der Waals surface area contributed by atoms with Crippen LogP contribution in [0.5, 0.6) is 0 Å². The van der Waals surface area contributed by atoms with E-state index in [1.165, 1.54) is 44.9 Å². The molecule has 114 valence electrons. The molecule has 0 aliphatic heterocycles. The minimum atomic E-state index is -0.520. The van der Waals surface area contributed by atoms with Crippen molar-refractivity contribution in [3.05, 3.63) is 24.5 Å². The molecule has 2 amide bonds. The van der Waals surface area contributed by atoms with Crippen LogP contribution in [0.2, 0.25) is 0 Å². The molecule has 0 radical (unpaired) electrons. The highest BCUT2D eigenvalue weighted by molar-refractivity contribution is 5.87. The Morgan fingerprint density at radius 3 is 2.50 bits per heavy atom. The molecule has 5 heteroatoms. The highest BCUT2D eigenvalue weighted by Gasteiger charge is 2.03. The van der Waals surface area contributed by atoms with Gasteiger partial charge in [-0.1, -0.05) is 39.0 Å². The van der Waals surface area contributed by atoms with Gasteiger partial charge in [0.05, 0.1) is 0 Å². The molecule has 0 fully saturated rings. The van der Waals surface area contributed by atoms with Crippen molar-refractivity contribution in [2.45, 2.75) is 58.4 Å². The summed E-state index contributed by atoms with van der Waals surface area (Å²) < 4.78 is 2.09. The highest BCUT2D eigenvalue weighted by Crippen LogP contribution is 2.07. The number of nitrogens with one attached hydrogen (secondary N) is 1. The number of hydrogen-bond donors (Lipinski definition) is 2. The average molecular weight is 300 g/mol. The molecule has 20 heavy (non-hydrogen) atoms. The summed E-state index contributed by atoms with van der Waals surface area (Å²) in [6, 6.07) is 3.24. The van der Waals surface area contributed by atoms with Gasteiger partial charge in [0.25, 0.3) is 0 Å². The van der Waals surface area contributed by atoms with Crippen LogP contribution in [0, 0.1) is 0 Å². The second-order valence-corrected chi connectivity index (χ2v) is 4.94. The number of unbranched alkanes of at least 4 members (excludes halogenated alkanes) is 6. The third-order valence-corrected chi connectivity index (χ3v) is 3.15. The third-order valence-electron chi connectivity index (χ3n) is 3.15. The van der Waals surface area contributed by atoms with Crippen LogP contribution in [0.1, 0.15) is 51.9 Å². The van der Waals surface area contributed by atoms with Crippen molar-refractivity contribution in [1.82, 2.24) is 0 Å². The zero-order chi connectivity index (χ0) is 13.9. The number of urea groups is 1. The van der Waals surface area contributed by atoms with Crippen LogP contribution in [-0.2, 0) is 6.54 Å². The van der Waals surface area contributed by atoms with Crippen LogP contribution in [0.15, 0.2) is 24.5 Å². The lowest BCUT2D eigenvalue weighted by molar-refractivity contribution is -0.696. The first kappa shape index (κ1) is 18.7. The first-order chi connectivity index (χ1) is 9.22. The van der Waals surface area contributed by atoms with Crippen LogP contribution in [0.25, 0.3) is 0 Å². The van der Waals surface area contributed by atoms with Crippen molar-refractivity contribution < 1.29 is 21.8 Å². The summed E-state index contributed by atoms with van der Waals surface area (Å²) in [5.74, 6) is 0. The van der Waals surface area contributed by atoms with E-state index in [1.807, 2.05) is 24.5 Å². The van der Waals surface area contributed by atoms with E-state index in [2.05, 4.69) is 16.8 Å². The summed E-state index contributed by atoms with van der Waals surface area (Å²) in [4.78, 5) is 10.8. The van der Waals surface area contributed by atoms with Crippen LogP contribution in [-0.4, -0.2) is 6.03 Å². The number of nitrogens with two attached hydrogens (primary N) is 1. The molecule has 0 aromatic carbocycles. The standard InChI is InChI=1S/C15H25N3O.ClH/c1-2-3-4-5-6-7-8-11-18-12-9-10-14(13-18)17-15(16)19;/h9-10,12-13H,2-8,11H2,1H3,(H2-,16,17,19);1H. The molecule has 1 aromatic rings. The number of carbonyl (C=O) groups is 1. The van der Waals surface area contributed by atoms with Gasteiger partial charge in [-0.05, 0) is 12.5 Å². The van der Waals surface area contributed by atoms with Crippen LogP contribution < -0.4 is 28.0 Å². The molecule has 0 unspecified atom stereocenters. The molecule has 4 nitrogen and oxygen atoms in total. The van der Waals surface area contributed by atoms with Gasteiger partial charge in [0.15, 0.2) is 12.4 Å². The second kappa shape index (κ2) is 11.5. The Morgan fingerprint density at radius 2 is 1.85 bits per heavy atom. The van der Waals surface area contributed by atoms with E-state index in [-0.39, 0.29) is 12.4 Å². The van der Waals surface area contributed by atoms with E-state index in [0.717, 1.165) is 12.2 Å². The molecule has 1 aromatic heterocycles. The number of anilines is 1. The predicted molar refractivity (Wildman–Crippen MR) is 77.8 cm³/mol. The molecule has 0 saturated carbocycles. The molecule has 3 N–H and O–H groups in total. The molecule has 0 bridgehead atoms. The molecular weight excluding hydrogens is 274 g/mol. The summed E-state index contributed by atoms with van der Waals surface area (Å²) in [6.07, 6.45) is 13.1. The van der Waals surface area contributed by atoms with Gasteiger partial charge in [-0.15, -0.1) is 0 Å². The number of aryl methyl sites for hydroxylation is 1. The SMILES string of the molecule is CCCCCCCCC[n+]1cccc(NC(N)=O)c1.[Cl-]. The normalized spacial score (nSPS) is 9.85. The number of pyridine rings is 1. The van der Waals surface area contributed by atoms with E-state index in [1.54, 1.807) is 0 Å². The summed E-state index contributed by atoms with van der Waals surface area (Å²) in [6.45, 7) is 3.23. The number of carbonyl (C=O) groups excluding carboxylic acids is 1. The van der Waals surface area contributed by atoms with Crippen molar-refractivity contribution in [3.8, 4) is 0 Å². The Labute approximate surface area is 128 Å². The van der Waals surface area contributed by atoms with Crippen LogP contribution in [0.3, 0.4) is 0 Å². The predicted octanol–water partition coefficient (Wildman–Crippen LogP) is 0.219. The third kappa shape index (κ3) is 8.75. The fourth-order valence-electron chi connectivity index (χ4n) is 2.13. The minimum Gasteiger partial charge on any atom is -1.00 e. The van der Waals surface area contributed by atoms with E-state index in [0.29, 0.717) is 0 Å². The second-order valence-electron chi connectivity index (χ2n) is 4.94. The number of primary amides is 1. The summed E-state index contributed by atoms with van der Waals surface area (Å²) >= 11 is 0. The zero-order valence-corrected chi connectivity index (χ0v) is 13.0. The monoisotopic (exact) mass is 299 g/mol. The Balaban J connectivity index is 0.00000361. The van der Waals surface area contributed by atoms with Crippen molar-refractivity contribution >= 4 is 11.7 Å². The van der Waals surface area contributed by atoms with Gasteiger partial charge in [0.2, 0.25) is 0 Å². The largest absolute Gasteiger partial charge is 1.00 e. The summed E-state index contributed by atoms with van der Waals surface area (Å²) in [7, 11) is 0. The zero-order valence-electron chi connectivity index (χ0n) is 12.3. The Kier molecular flexibility index (Phi) is 10.8. The lowest BCUT2D eigenvalue weighted by Crippen LogP contribution is -3.00. The molecule has 0 spiro atoms. The van der Waals surface area contributed by atoms with Gasteiger partial charge in [-0.25, -0.2) is 9.36 Å². The molecule has 1 heterocycles. The quantitative estimate of drug-likeness (QED) is 0.497. The van der Waals surface area contributed by atoms with Gasteiger partial charge in [-0.3, -0.25) is 0 Å². The fourth-order valence-corrected chi connectivity index (χ4v) is 2.13. The molecule has 0 aliphatic rings. The van der Waals surface area contributed by atoms with Crippen molar-refractivity contribution in [2.24, 2.45) is 5.73 Å². The summed E-state index contributed by atoms with van der Waals surface area (Å²) in [5.41, 5.74) is 5.84. The average Bonchev–Trinajstić information content (AvgIpc) is 2.37. The molecule has 1 rings (SSSR count). The lowest BCUT2D eigenvalue weighted by atomic mass is 10.1.